The molecule has 0 heterocycles. The first kappa shape index (κ1) is 15.6. The van der Waals surface area contributed by atoms with Crippen molar-refractivity contribution in [2.24, 2.45) is 5.14 Å². The van der Waals surface area contributed by atoms with E-state index < -0.39 is 21.7 Å². The lowest BCUT2D eigenvalue weighted by atomic mass is 10.2. The van der Waals surface area contributed by atoms with Crippen LogP contribution in [-0.2, 0) is 10.0 Å². The molecule has 2 rings (SSSR count). The molecule has 0 aliphatic rings. The average Bonchev–Trinajstić information content (AvgIpc) is 2.37. The van der Waals surface area contributed by atoms with Gasteiger partial charge in [0.2, 0.25) is 10.0 Å². The number of anilines is 1. The molecular weight excluding hydrogens is 363 g/mol. The van der Waals surface area contributed by atoms with E-state index in [2.05, 4.69) is 21.2 Å². The Bertz CT molecular complexity index is 809. The van der Waals surface area contributed by atoms with Crippen molar-refractivity contribution in [2.75, 3.05) is 5.32 Å². The quantitative estimate of drug-likeness (QED) is 0.866. The number of hydrogen-bond acceptors (Lipinski definition) is 3. The minimum atomic E-state index is -3.85. The Hall–Kier alpha value is -1.77. The summed E-state index contributed by atoms with van der Waals surface area (Å²) in [4.78, 5) is 12.0. The zero-order chi connectivity index (χ0) is 15.6. The predicted molar refractivity (Wildman–Crippen MR) is 79.9 cm³/mol. The molecule has 0 atom stereocenters. The van der Waals surface area contributed by atoms with Crippen molar-refractivity contribution in [2.45, 2.75) is 4.90 Å². The Balaban J connectivity index is 2.28. The van der Waals surface area contributed by atoms with Crippen molar-refractivity contribution in [1.29, 1.82) is 0 Å². The number of carbonyl (C=O) groups excluding carboxylic acids is 1. The van der Waals surface area contributed by atoms with E-state index in [1.54, 1.807) is 0 Å². The lowest BCUT2D eigenvalue weighted by Crippen LogP contribution is -2.15. The molecule has 2 aromatic rings. The molecule has 0 radical (unpaired) electrons. The lowest BCUT2D eigenvalue weighted by molar-refractivity contribution is 0.102. The average molecular weight is 373 g/mol. The Morgan fingerprint density at radius 3 is 2.52 bits per heavy atom. The van der Waals surface area contributed by atoms with Crippen LogP contribution < -0.4 is 10.5 Å². The first-order valence-corrected chi connectivity index (χ1v) is 8.00. The van der Waals surface area contributed by atoms with Crippen molar-refractivity contribution >= 4 is 37.5 Å². The van der Waals surface area contributed by atoms with Gasteiger partial charge in [-0.3, -0.25) is 4.79 Å². The third-order valence-corrected chi connectivity index (χ3v) is 4.16. The molecule has 3 N–H and O–H groups in total. The molecule has 0 aromatic heterocycles. The molecule has 0 aliphatic carbocycles. The summed E-state index contributed by atoms with van der Waals surface area (Å²) in [5.41, 5.74) is 0.486. The van der Waals surface area contributed by atoms with E-state index in [0.717, 1.165) is 12.1 Å². The molecule has 0 saturated carbocycles. The fourth-order valence-corrected chi connectivity index (χ4v) is 2.71. The van der Waals surface area contributed by atoms with Crippen molar-refractivity contribution < 1.29 is 17.6 Å². The van der Waals surface area contributed by atoms with Gasteiger partial charge >= 0.3 is 0 Å². The van der Waals surface area contributed by atoms with E-state index in [1.807, 2.05) is 0 Å². The molecule has 0 spiro atoms. The second-order valence-corrected chi connectivity index (χ2v) is 6.57. The lowest BCUT2D eigenvalue weighted by Gasteiger charge is -2.08. The van der Waals surface area contributed by atoms with Crippen LogP contribution in [0.15, 0.2) is 51.8 Å². The first-order valence-electron chi connectivity index (χ1n) is 5.66. The fourth-order valence-electron chi connectivity index (χ4n) is 1.62. The Labute approximate surface area is 129 Å². The molecule has 0 bridgehead atoms. The van der Waals surface area contributed by atoms with E-state index in [-0.39, 0.29) is 16.1 Å². The van der Waals surface area contributed by atoms with Crippen LogP contribution in [0.25, 0.3) is 0 Å². The summed E-state index contributed by atoms with van der Waals surface area (Å²) in [5.74, 6) is -0.983. The normalized spacial score (nSPS) is 11.2. The molecule has 110 valence electrons. The number of rotatable bonds is 3. The molecule has 1 amide bonds. The third-order valence-electron chi connectivity index (χ3n) is 2.60. The van der Waals surface area contributed by atoms with Crippen molar-refractivity contribution in [1.82, 2.24) is 0 Å². The summed E-state index contributed by atoms with van der Waals surface area (Å²) in [6.45, 7) is 0. The number of sulfonamides is 1. The van der Waals surface area contributed by atoms with Crippen LogP contribution in [0, 0.1) is 5.82 Å². The molecule has 0 saturated heterocycles. The Morgan fingerprint density at radius 2 is 1.90 bits per heavy atom. The van der Waals surface area contributed by atoms with Gasteiger partial charge in [0.05, 0.1) is 10.5 Å². The van der Waals surface area contributed by atoms with Crippen molar-refractivity contribution in [3.05, 3.63) is 58.3 Å². The van der Waals surface area contributed by atoms with Gasteiger partial charge in [0, 0.05) is 10.2 Å². The zero-order valence-electron chi connectivity index (χ0n) is 10.5. The van der Waals surface area contributed by atoms with Gasteiger partial charge in [0.1, 0.15) is 5.82 Å². The molecule has 0 fully saturated rings. The summed E-state index contributed by atoms with van der Waals surface area (Å²) < 4.78 is 35.8. The monoisotopic (exact) mass is 372 g/mol. The maximum absolute atomic E-state index is 13.0. The van der Waals surface area contributed by atoms with Gasteiger partial charge in [0.25, 0.3) is 5.91 Å². The smallest absolute Gasteiger partial charge is 0.256 e. The second-order valence-electron chi connectivity index (χ2n) is 4.15. The highest BCUT2D eigenvalue weighted by atomic mass is 79.9. The standard InChI is InChI=1S/C13H10BrFN2O3S/c14-12-6-8(15)4-5-11(12)13(18)17-9-2-1-3-10(7-9)21(16,19)20/h1-7H,(H,17,18)(H2,16,19,20). The number of nitrogens with one attached hydrogen (secondary N) is 1. The minimum absolute atomic E-state index is 0.113. The third kappa shape index (κ3) is 3.87. The molecule has 0 aliphatic heterocycles. The maximum Gasteiger partial charge on any atom is 0.256 e. The van der Waals surface area contributed by atoms with Gasteiger partial charge in [-0.1, -0.05) is 6.07 Å². The van der Waals surface area contributed by atoms with Crippen LogP contribution >= 0.6 is 15.9 Å². The van der Waals surface area contributed by atoms with E-state index in [9.17, 15) is 17.6 Å². The van der Waals surface area contributed by atoms with Crippen LogP contribution in [-0.4, -0.2) is 14.3 Å². The molecule has 5 nitrogen and oxygen atoms in total. The van der Waals surface area contributed by atoms with Gasteiger partial charge in [-0.15, -0.1) is 0 Å². The minimum Gasteiger partial charge on any atom is -0.322 e. The van der Waals surface area contributed by atoms with Gasteiger partial charge in [0.15, 0.2) is 0 Å². The highest BCUT2D eigenvalue weighted by Crippen LogP contribution is 2.20. The van der Waals surface area contributed by atoms with Crippen LogP contribution in [0.1, 0.15) is 10.4 Å². The zero-order valence-corrected chi connectivity index (χ0v) is 12.9. The highest BCUT2D eigenvalue weighted by molar-refractivity contribution is 9.10. The number of benzene rings is 2. The summed E-state index contributed by atoms with van der Waals surface area (Å²) in [6, 6.07) is 9.16. The number of hydrogen-bond donors (Lipinski definition) is 2. The van der Waals surface area contributed by atoms with Crippen molar-refractivity contribution in [3.63, 3.8) is 0 Å². The van der Waals surface area contributed by atoms with Gasteiger partial charge < -0.3 is 5.32 Å². The highest BCUT2D eigenvalue weighted by Gasteiger charge is 2.13. The summed E-state index contributed by atoms with van der Waals surface area (Å²) in [5, 5.41) is 7.54. The van der Waals surface area contributed by atoms with E-state index >= 15 is 0 Å². The molecule has 0 unspecified atom stereocenters. The van der Waals surface area contributed by atoms with E-state index in [4.69, 9.17) is 5.14 Å². The SMILES string of the molecule is NS(=O)(=O)c1cccc(NC(=O)c2ccc(F)cc2Br)c1. The number of amides is 1. The van der Waals surface area contributed by atoms with E-state index in [1.165, 1.54) is 30.3 Å². The molecule has 21 heavy (non-hydrogen) atoms. The summed E-state index contributed by atoms with van der Waals surface area (Å²) in [7, 11) is -3.85. The first-order chi connectivity index (χ1) is 9.77. The molecule has 2 aromatic carbocycles. The number of carbonyl (C=O) groups is 1. The molecule has 8 heteroatoms. The number of halogens is 2. The largest absolute Gasteiger partial charge is 0.322 e. The van der Waals surface area contributed by atoms with Crippen LogP contribution in [0.2, 0.25) is 0 Å². The summed E-state index contributed by atoms with van der Waals surface area (Å²) in [6.07, 6.45) is 0. The maximum atomic E-state index is 13.0. The van der Waals surface area contributed by atoms with Crippen LogP contribution in [0.5, 0.6) is 0 Å². The number of nitrogens with two attached hydrogens (primary N) is 1. The van der Waals surface area contributed by atoms with Gasteiger partial charge in [-0.25, -0.2) is 17.9 Å². The van der Waals surface area contributed by atoms with Crippen LogP contribution in [0.3, 0.4) is 0 Å². The summed E-state index contributed by atoms with van der Waals surface area (Å²) >= 11 is 3.09. The van der Waals surface area contributed by atoms with Gasteiger partial charge in [-0.2, -0.15) is 0 Å². The van der Waals surface area contributed by atoms with E-state index in [0.29, 0.717) is 4.47 Å². The van der Waals surface area contributed by atoms with Gasteiger partial charge in [-0.05, 0) is 52.3 Å². The fraction of sp³-hybridized carbons (Fsp3) is 0. The Morgan fingerprint density at radius 1 is 1.19 bits per heavy atom. The number of primary sulfonamides is 1. The molecular formula is C13H10BrFN2O3S. The van der Waals surface area contributed by atoms with Crippen molar-refractivity contribution in [3.8, 4) is 0 Å². The van der Waals surface area contributed by atoms with Crippen LogP contribution in [0.4, 0.5) is 10.1 Å². The topological polar surface area (TPSA) is 89.3 Å². The predicted octanol–water partition coefficient (Wildman–Crippen LogP) is 2.49. The second kappa shape index (κ2) is 5.92. The Kier molecular flexibility index (Phi) is 4.40.